The Balaban J connectivity index is 0.000000226. The molecule has 41 heavy (non-hydrogen) atoms. The van der Waals surface area contributed by atoms with E-state index in [2.05, 4.69) is 20.8 Å². The zero-order valence-electron chi connectivity index (χ0n) is 23.6. The summed E-state index contributed by atoms with van der Waals surface area (Å²) in [6.07, 6.45) is 5.13. The SMILES string of the molecule is CC(C)n1nccc1C(=O)NC(C=O)C(C1CC1)C1CC1.CNc1cn(C(C)/C(=C/N)N(N)CC(F)(F)F)nc1F. The molecule has 1 amide bonds. The van der Waals surface area contributed by atoms with E-state index in [0.29, 0.717) is 28.5 Å². The highest BCUT2D eigenvalue weighted by molar-refractivity contribution is 5.94. The number of halogens is 4. The number of alkyl halides is 3. The molecule has 11 nitrogen and oxygen atoms in total. The van der Waals surface area contributed by atoms with Gasteiger partial charge in [0.2, 0.25) is 0 Å². The Labute approximate surface area is 236 Å². The van der Waals surface area contributed by atoms with Crippen molar-refractivity contribution in [1.29, 1.82) is 0 Å². The molecular weight excluding hydrogens is 546 g/mol. The van der Waals surface area contributed by atoms with E-state index in [0.717, 1.165) is 17.2 Å². The predicted octanol–water partition coefficient (Wildman–Crippen LogP) is 3.36. The smallest absolute Gasteiger partial charge is 0.403 e. The van der Waals surface area contributed by atoms with Crippen LogP contribution in [0.1, 0.15) is 69.0 Å². The molecule has 2 aromatic rings. The highest BCUT2D eigenvalue weighted by Crippen LogP contribution is 2.50. The third-order valence-corrected chi connectivity index (χ3v) is 7.22. The van der Waals surface area contributed by atoms with Crippen LogP contribution in [-0.2, 0) is 4.79 Å². The van der Waals surface area contributed by atoms with E-state index in [-0.39, 0.29) is 29.4 Å². The number of anilines is 1. The second-order valence-electron chi connectivity index (χ2n) is 10.7. The maximum absolute atomic E-state index is 13.3. The van der Waals surface area contributed by atoms with Crippen LogP contribution in [0.15, 0.2) is 30.4 Å². The van der Waals surface area contributed by atoms with Crippen molar-refractivity contribution in [2.45, 2.75) is 70.8 Å². The Morgan fingerprint density at radius 2 is 1.83 bits per heavy atom. The zero-order valence-corrected chi connectivity index (χ0v) is 23.6. The normalized spacial score (nSPS) is 17.1. The molecule has 2 unspecified atom stereocenters. The van der Waals surface area contributed by atoms with Crippen LogP contribution in [0.4, 0.5) is 23.2 Å². The van der Waals surface area contributed by atoms with Gasteiger partial charge in [-0.05, 0) is 70.3 Å². The molecule has 0 aliphatic heterocycles. The lowest BCUT2D eigenvalue weighted by atomic mass is 9.90. The number of carbonyl (C=O) groups is 2. The van der Waals surface area contributed by atoms with Crippen LogP contribution in [0, 0.1) is 23.7 Å². The van der Waals surface area contributed by atoms with Crippen molar-refractivity contribution in [2.75, 3.05) is 18.9 Å². The molecule has 0 radical (unpaired) electrons. The van der Waals surface area contributed by atoms with Crippen molar-refractivity contribution in [3.05, 3.63) is 42.0 Å². The van der Waals surface area contributed by atoms with Gasteiger partial charge in [-0.25, -0.2) is 5.84 Å². The fourth-order valence-electron chi connectivity index (χ4n) is 4.92. The molecule has 15 heteroatoms. The van der Waals surface area contributed by atoms with Gasteiger partial charge < -0.3 is 26.2 Å². The lowest BCUT2D eigenvalue weighted by molar-refractivity contribution is -0.143. The standard InChI is InChI=1S/C16H23N3O2.C10H16F4N6/c1-10(2)19-14(7-8-17-19)16(21)18-13(9-20)15(11-3-4-11)12-5-6-12;1-6(20-4-7(17-2)9(11)18-20)8(3-15)19(16)5-10(12,13)14/h7-13,15H,3-6H2,1-2H3,(H,18,21);3-4,6,17H,5,15-16H2,1-2H3/b;8-3-. The number of nitrogens with zero attached hydrogens (tertiary/aromatic N) is 5. The monoisotopic (exact) mass is 585 g/mol. The number of rotatable bonds is 12. The van der Waals surface area contributed by atoms with Gasteiger partial charge in [-0.3, -0.25) is 14.2 Å². The second-order valence-corrected chi connectivity index (χ2v) is 10.7. The van der Waals surface area contributed by atoms with Gasteiger partial charge in [0.25, 0.3) is 11.9 Å². The Kier molecular flexibility index (Phi) is 10.4. The minimum atomic E-state index is -4.48. The van der Waals surface area contributed by atoms with Crippen LogP contribution in [-0.4, -0.2) is 62.6 Å². The molecule has 2 aliphatic carbocycles. The summed E-state index contributed by atoms with van der Waals surface area (Å²) in [7, 11) is 1.49. The van der Waals surface area contributed by atoms with Gasteiger partial charge >= 0.3 is 6.18 Å². The molecule has 0 saturated heterocycles. The highest BCUT2D eigenvalue weighted by Gasteiger charge is 2.46. The molecule has 0 bridgehead atoms. The minimum Gasteiger partial charge on any atom is -0.403 e. The van der Waals surface area contributed by atoms with Crippen LogP contribution in [0.5, 0.6) is 0 Å². The summed E-state index contributed by atoms with van der Waals surface area (Å²) in [6.45, 7) is 4.10. The second kappa shape index (κ2) is 13.4. The first-order valence-electron chi connectivity index (χ1n) is 13.5. The lowest BCUT2D eigenvalue weighted by Gasteiger charge is -2.27. The number of aromatic nitrogens is 4. The van der Waals surface area contributed by atoms with E-state index in [1.165, 1.54) is 45.9 Å². The average Bonchev–Trinajstić information content (AvgIpc) is 3.83. The summed E-state index contributed by atoms with van der Waals surface area (Å²) in [5.74, 6) is 5.98. The van der Waals surface area contributed by atoms with Crippen LogP contribution in [0.2, 0.25) is 0 Å². The molecule has 2 aromatic heterocycles. The van der Waals surface area contributed by atoms with E-state index in [9.17, 15) is 27.2 Å². The number of allylic oxidation sites excluding steroid dienone is 1. The number of amides is 1. The Hall–Kier alpha value is -3.62. The first-order valence-corrected chi connectivity index (χ1v) is 13.5. The molecule has 2 saturated carbocycles. The van der Waals surface area contributed by atoms with Gasteiger partial charge in [0, 0.05) is 25.5 Å². The molecule has 2 atom stereocenters. The first-order chi connectivity index (χ1) is 19.3. The number of hydrazine groups is 1. The molecule has 0 spiro atoms. The van der Waals surface area contributed by atoms with Gasteiger partial charge in [-0.15, -0.1) is 5.10 Å². The third kappa shape index (κ3) is 8.44. The van der Waals surface area contributed by atoms with Crippen molar-refractivity contribution in [3.63, 3.8) is 0 Å². The highest BCUT2D eigenvalue weighted by atomic mass is 19.4. The molecule has 4 rings (SSSR count). The van der Waals surface area contributed by atoms with Crippen molar-refractivity contribution in [1.82, 2.24) is 29.9 Å². The summed E-state index contributed by atoms with van der Waals surface area (Å²) in [5, 5.41) is 13.7. The van der Waals surface area contributed by atoms with Crippen LogP contribution < -0.4 is 22.2 Å². The maximum Gasteiger partial charge on any atom is 0.407 e. The van der Waals surface area contributed by atoms with Crippen LogP contribution in [0.25, 0.3) is 0 Å². The van der Waals surface area contributed by atoms with Crippen LogP contribution in [0.3, 0.4) is 0 Å². The molecular formula is C26H39F4N9O2. The van der Waals surface area contributed by atoms with E-state index in [1.54, 1.807) is 16.9 Å². The topological polar surface area (TPSA) is 149 Å². The van der Waals surface area contributed by atoms with Crippen molar-refractivity contribution < 1.29 is 27.2 Å². The largest absolute Gasteiger partial charge is 0.407 e. The first kappa shape index (κ1) is 31.9. The van der Waals surface area contributed by atoms with Crippen molar-refractivity contribution >= 4 is 17.9 Å². The number of carbonyl (C=O) groups excluding carboxylic acids is 2. The average molecular weight is 586 g/mol. The zero-order chi connectivity index (χ0) is 30.5. The molecule has 0 aromatic carbocycles. The summed E-state index contributed by atoms with van der Waals surface area (Å²) in [6, 6.07) is 0.718. The van der Waals surface area contributed by atoms with Crippen molar-refractivity contribution in [3.8, 4) is 0 Å². The Morgan fingerprint density at radius 1 is 1.22 bits per heavy atom. The summed E-state index contributed by atoms with van der Waals surface area (Å²) >= 11 is 0. The molecule has 2 fully saturated rings. The fourth-order valence-corrected chi connectivity index (χ4v) is 4.92. The number of hydrogen-bond acceptors (Lipinski definition) is 8. The van der Waals surface area contributed by atoms with Gasteiger partial charge in [-0.2, -0.15) is 22.7 Å². The molecule has 2 heterocycles. The van der Waals surface area contributed by atoms with E-state index < -0.39 is 24.7 Å². The predicted molar refractivity (Wildman–Crippen MR) is 145 cm³/mol. The van der Waals surface area contributed by atoms with Gasteiger partial charge in [-0.1, -0.05) is 0 Å². The maximum atomic E-state index is 13.3. The van der Waals surface area contributed by atoms with E-state index >= 15 is 0 Å². The molecule has 2 aliphatic rings. The van der Waals surface area contributed by atoms with E-state index in [1.807, 2.05) is 13.8 Å². The Bertz CT molecular complexity index is 1190. The minimum absolute atomic E-state index is 0.0347. The van der Waals surface area contributed by atoms with Gasteiger partial charge in [0.05, 0.1) is 24.0 Å². The van der Waals surface area contributed by atoms with Crippen LogP contribution >= 0.6 is 0 Å². The van der Waals surface area contributed by atoms with E-state index in [4.69, 9.17) is 11.6 Å². The Morgan fingerprint density at radius 3 is 2.27 bits per heavy atom. The molecule has 228 valence electrons. The number of hydrogen-bond donors (Lipinski definition) is 4. The lowest BCUT2D eigenvalue weighted by Crippen LogP contribution is -2.44. The quantitative estimate of drug-likeness (QED) is 0.128. The number of nitrogens with two attached hydrogens (primary N) is 2. The van der Waals surface area contributed by atoms with Gasteiger partial charge in [0.1, 0.15) is 24.2 Å². The number of nitrogens with one attached hydrogen (secondary N) is 2. The third-order valence-electron chi connectivity index (χ3n) is 7.22. The summed E-state index contributed by atoms with van der Waals surface area (Å²) in [4.78, 5) is 24.0. The summed E-state index contributed by atoms with van der Waals surface area (Å²) < 4.78 is 53.1. The molecule has 6 N–H and O–H groups in total. The number of aldehydes is 1. The fraction of sp³-hybridized carbons (Fsp3) is 0.615. The van der Waals surface area contributed by atoms with Crippen molar-refractivity contribution in [2.24, 2.45) is 29.3 Å². The van der Waals surface area contributed by atoms with Gasteiger partial charge in [0.15, 0.2) is 0 Å². The summed E-state index contributed by atoms with van der Waals surface area (Å²) in [5.41, 5.74) is 5.92.